The lowest BCUT2D eigenvalue weighted by molar-refractivity contribution is 0.0524. The van der Waals surface area contributed by atoms with Crippen LogP contribution in [0, 0.1) is 6.92 Å². The van der Waals surface area contributed by atoms with E-state index in [9.17, 15) is 4.79 Å². The van der Waals surface area contributed by atoms with Crippen molar-refractivity contribution in [1.29, 1.82) is 0 Å². The standard InChI is InChI=1S/C18H19N3O4/c1-5-25-18(22)13-9-19-17-14(10-20-21(17)11(13)2)12-6-7-15(23-3)16(8-12)24-4/h6-10H,5H2,1-4H3. The maximum Gasteiger partial charge on any atom is 0.341 e. The number of ether oxygens (including phenoxy) is 3. The highest BCUT2D eigenvalue weighted by atomic mass is 16.5. The normalized spacial score (nSPS) is 10.7. The van der Waals surface area contributed by atoms with Crippen LogP contribution in [0.3, 0.4) is 0 Å². The zero-order valence-electron chi connectivity index (χ0n) is 14.6. The van der Waals surface area contributed by atoms with Crippen molar-refractivity contribution in [1.82, 2.24) is 14.6 Å². The summed E-state index contributed by atoms with van der Waals surface area (Å²) in [7, 11) is 3.18. The van der Waals surface area contributed by atoms with Crippen molar-refractivity contribution in [3.8, 4) is 22.6 Å². The molecule has 0 aliphatic heterocycles. The van der Waals surface area contributed by atoms with Crippen LogP contribution in [-0.2, 0) is 4.74 Å². The fourth-order valence-electron chi connectivity index (χ4n) is 2.66. The van der Waals surface area contributed by atoms with Gasteiger partial charge in [0, 0.05) is 11.8 Å². The first-order valence-corrected chi connectivity index (χ1v) is 7.83. The molecule has 2 heterocycles. The smallest absolute Gasteiger partial charge is 0.341 e. The quantitative estimate of drug-likeness (QED) is 0.664. The number of aromatic nitrogens is 3. The monoisotopic (exact) mass is 341 g/mol. The molecule has 1 aromatic carbocycles. The van der Waals surface area contributed by atoms with E-state index in [-0.39, 0.29) is 0 Å². The fraction of sp³-hybridized carbons (Fsp3) is 0.278. The van der Waals surface area contributed by atoms with Crippen molar-refractivity contribution in [2.45, 2.75) is 13.8 Å². The van der Waals surface area contributed by atoms with Gasteiger partial charge in [0.2, 0.25) is 0 Å². The molecule has 3 aromatic rings. The van der Waals surface area contributed by atoms with Crippen LogP contribution in [-0.4, -0.2) is 41.4 Å². The highest BCUT2D eigenvalue weighted by Crippen LogP contribution is 2.33. The Morgan fingerprint density at radius 1 is 1.16 bits per heavy atom. The topological polar surface area (TPSA) is 75.0 Å². The molecule has 0 saturated carbocycles. The van der Waals surface area contributed by atoms with Gasteiger partial charge in [0.05, 0.1) is 38.3 Å². The zero-order valence-corrected chi connectivity index (χ0v) is 14.6. The summed E-state index contributed by atoms with van der Waals surface area (Å²) < 4.78 is 17.3. The maximum absolute atomic E-state index is 12.0. The molecule has 2 aromatic heterocycles. The summed E-state index contributed by atoms with van der Waals surface area (Å²) in [5.74, 6) is 0.869. The number of aryl methyl sites for hydroxylation is 1. The van der Waals surface area contributed by atoms with Gasteiger partial charge in [-0.05, 0) is 31.5 Å². The summed E-state index contributed by atoms with van der Waals surface area (Å²) in [6.45, 7) is 3.89. The first-order valence-electron chi connectivity index (χ1n) is 7.83. The fourth-order valence-corrected chi connectivity index (χ4v) is 2.66. The molecule has 0 N–H and O–H groups in total. The predicted octanol–water partition coefficient (Wildman–Crippen LogP) is 2.90. The van der Waals surface area contributed by atoms with Gasteiger partial charge in [-0.1, -0.05) is 6.07 Å². The first-order chi connectivity index (χ1) is 12.1. The van der Waals surface area contributed by atoms with Crippen LogP contribution >= 0.6 is 0 Å². The van der Waals surface area contributed by atoms with Crippen LogP contribution < -0.4 is 9.47 Å². The average molecular weight is 341 g/mol. The highest BCUT2D eigenvalue weighted by molar-refractivity contribution is 5.91. The molecule has 0 saturated heterocycles. The molecule has 0 unspecified atom stereocenters. The Labute approximate surface area is 145 Å². The summed E-state index contributed by atoms with van der Waals surface area (Å²) in [4.78, 5) is 16.4. The minimum Gasteiger partial charge on any atom is -0.493 e. The van der Waals surface area contributed by atoms with Crippen LogP contribution in [0.15, 0.2) is 30.6 Å². The van der Waals surface area contributed by atoms with Gasteiger partial charge < -0.3 is 14.2 Å². The molecule has 7 nitrogen and oxygen atoms in total. The van der Waals surface area contributed by atoms with E-state index in [1.807, 2.05) is 25.1 Å². The van der Waals surface area contributed by atoms with E-state index in [1.165, 1.54) is 6.20 Å². The lowest BCUT2D eigenvalue weighted by atomic mass is 10.1. The van der Waals surface area contributed by atoms with E-state index in [4.69, 9.17) is 14.2 Å². The van der Waals surface area contributed by atoms with Gasteiger partial charge in [-0.2, -0.15) is 5.10 Å². The van der Waals surface area contributed by atoms with Crippen LogP contribution in [0.4, 0.5) is 0 Å². The van der Waals surface area contributed by atoms with Gasteiger partial charge in [-0.15, -0.1) is 0 Å². The van der Waals surface area contributed by atoms with Crippen molar-refractivity contribution in [2.75, 3.05) is 20.8 Å². The highest BCUT2D eigenvalue weighted by Gasteiger charge is 2.17. The zero-order chi connectivity index (χ0) is 18.0. The summed E-state index contributed by atoms with van der Waals surface area (Å²) in [6, 6.07) is 5.61. The second kappa shape index (κ2) is 6.80. The lowest BCUT2D eigenvalue weighted by Gasteiger charge is -2.09. The molecule has 0 fully saturated rings. The molecule has 0 spiro atoms. The number of hydrogen-bond acceptors (Lipinski definition) is 6. The number of carbonyl (C=O) groups excluding carboxylic acids is 1. The molecule has 3 rings (SSSR count). The molecule has 25 heavy (non-hydrogen) atoms. The second-order valence-corrected chi connectivity index (χ2v) is 5.34. The molecular formula is C18H19N3O4. The third-order valence-electron chi connectivity index (χ3n) is 3.96. The van der Waals surface area contributed by atoms with Gasteiger partial charge in [-0.25, -0.2) is 14.3 Å². The van der Waals surface area contributed by atoms with E-state index in [0.717, 1.165) is 11.1 Å². The number of fused-ring (bicyclic) bond motifs is 1. The van der Waals surface area contributed by atoms with Gasteiger partial charge in [0.15, 0.2) is 17.1 Å². The lowest BCUT2D eigenvalue weighted by Crippen LogP contribution is -2.11. The minimum atomic E-state index is -0.405. The van der Waals surface area contributed by atoms with Crippen LogP contribution in [0.1, 0.15) is 23.0 Å². The Kier molecular flexibility index (Phi) is 4.56. The van der Waals surface area contributed by atoms with Crippen molar-refractivity contribution in [3.05, 3.63) is 41.9 Å². The van der Waals surface area contributed by atoms with Gasteiger partial charge in [0.1, 0.15) is 0 Å². The van der Waals surface area contributed by atoms with Crippen LogP contribution in [0.5, 0.6) is 11.5 Å². The third-order valence-corrected chi connectivity index (χ3v) is 3.96. The van der Waals surface area contributed by atoms with Crippen LogP contribution in [0.2, 0.25) is 0 Å². The van der Waals surface area contributed by atoms with E-state index in [2.05, 4.69) is 10.1 Å². The third kappa shape index (κ3) is 2.88. The number of carbonyl (C=O) groups is 1. The number of hydrogen-bond donors (Lipinski definition) is 0. The van der Waals surface area contributed by atoms with E-state index in [0.29, 0.717) is 35.0 Å². The van der Waals surface area contributed by atoms with Crippen molar-refractivity contribution < 1.29 is 19.0 Å². The predicted molar refractivity (Wildman–Crippen MR) is 92.2 cm³/mol. The number of methoxy groups -OCH3 is 2. The molecule has 0 aliphatic carbocycles. The van der Waals surface area contributed by atoms with Crippen molar-refractivity contribution in [3.63, 3.8) is 0 Å². The molecule has 0 atom stereocenters. The van der Waals surface area contributed by atoms with Gasteiger partial charge in [-0.3, -0.25) is 0 Å². The summed E-state index contributed by atoms with van der Waals surface area (Å²) in [5, 5.41) is 4.37. The minimum absolute atomic E-state index is 0.312. The van der Waals surface area contributed by atoms with Crippen molar-refractivity contribution in [2.24, 2.45) is 0 Å². The molecule has 130 valence electrons. The number of rotatable bonds is 5. The van der Waals surface area contributed by atoms with E-state index >= 15 is 0 Å². The van der Waals surface area contributed by atoms with Gasteiger partial charge in [0.25, 0.3) is 0 Å². The van der Waals surface area contributed by atoms with Crippen LogP contribution in [0.25, 0.3) is 16.8 Å². The number of benzene rings is 1. The van der Waals surface area contributed by atoms with E-state index in [1.54, 1.807) is 31.9 Å². The molecule has 0 aliphatic rings. The van der Waals surface area contributed by atoms with E-state index < -0.39 is 5.97 Å². The summed E-state index contributed by atoms with van der Waals surface area (Å²) in [5.41, 5.74) is 3.45. The first kappa shape index (κ1) is 16.8. The summed E-state index contributed by atoms with van der Waals surface area (Å²) >= 11 is 0. The largest absolute Gasteiger partial charge is 0.493 e. The molecule has 0 bridgehead atoms. The van der Waals surface area contributed by atoms with Crippen molar-refractivity contribution >= 4 is 11.6 Å². The summed E-state index contributed by atoms with van der Waals surface area (Å²) in [6.07, 6.45) is 3.24. The SMILES string of the molecule is CCOC(=O)c1cnc2c(-c3ccc(OC)c(OC)c3)cnn2c1C. The number of esters is 1. The molecule has 0 amide bonds. The number of nitrogens with zero attached hydrogens (tertiary/aromatic N) is 3. The second-order valence-electron chi connectivity index (χ2n) is 5.34. The Morgan fingerprint density at radius 3 is 2.60 bits per heavy atom. The Hall–Kier alpha value is -3.09. The Morgan fingerprint density at radius 2 is 1.92 bits per heavy atom. The average Bonchev–Trinajstić information content (AvgIpc) is 3.06. The molecular weight excluding hydrogens is 322 g/mol. The Balaban J connectivity index is 2.10. The molecule has 0 radical (unpaired) electrons. The molecule has 7 heteroatoms. The van der Waals surface area contributed by atoms with Gasteiger partial charge >= 0.3 is 5.97 Å². The maximum atomic E-state index is 12.0. The Bertz CT molecular complexity index is 933.